The molecule has 1 saturated heterocycles. The van der Waals surface area contributed by atoms with Crippen LogP contribution >= 0.6 is 0 Å². The number of benzene rings is 2. The van der Waals surface area contributed by atoms with Gasteiger partial charge in [0.25, 0.3) is 0 Å². The molecule has 0 radical (unpaired) electrons. The summed E-state index contributed by atoms with van der Waals surface area (Å²) in [7, 11) is -7.05. The van der Waals surface area contributed by atoms with Gasteiger partial charge in [0.2, 0.25) is 20.0 Å². The summed E-state index contributed by atoms with van der Waals surface area (Å²) >= 11 is 0. The quantitative estimate of drug-likeness (QED) is 0.701. The average Bonchev–Trinajstić information content (AvgIpc) is 2.98. The van der Waals surface area contributed by atoms with Crippen LogP contribution in [0.3, 0.4) is 0 Å². The van der Waals surface area contributed by atoms with Crippen molar-refractivity contribution in [1.29, 1.82) is 0 Å². The molecule has 0 unspecified atom stereocenters. The Morgan fingerprint density at radius 1 is 0.867 bits per heavy atom. The number of nitrogens with zero attached hydrogens (tertiary/aromatic N) is 1. The summed E-state index contributed by atoms with van der Waals surface area (Å²) in [6.45, 7) is 5.10. The second kappa shape index (κ2) is 9.60. The molecule has 2 aromatic rings. The van der Waals surface area contributed by atoms with E-state index >= 15 is 0 Å². The summed E-state index contributed by atoms with van der Waals surface area (Å²) in [5.74, 6) is 0. The number of sulfonamides is 2. The Morgan fingerprint density at radius 3 is 2.10 bits per heavy atom. The maximum absolute atomic E-state index is 12.8. The van der Waals surface area contributed by atoms with E-state index in [0.717, 1.165) is 36.8 Å². The summed E-state index contributed by atoms with van der Waals surface area (Å²) in [5.41, 5.74) is 2.61. The molecule has 0 amide bonds. The largest absolute Gasteiger partial charge is 0.243 e. The third kappa shape index (κ3) is 5.49. The zero-order chi connectivity index (χ0) is 21.8. The van der Waals surface area contributed by atoms with Crippen molar-refractivity contribution in [2.45, 2.75) is 55.7 Å². The monoisotopic (exact) mass is 450 g/mol. The summed E-state index contributed by atoms with van der Waals surface area (Å²) in [5, 5.41) is 0. The van der Waals surface area contributed by atoms with Gasteiger partial charge in [0.1, 0.15) is 0 Å². The fourth-order valence-corrected chi connectivity index (χ4v) is 6.54. The second-order valence-corrected chi connectivity index (χ2v) is 11.6. The number of hydrogen-bond acceptors (Lipinski definition) is 4. The van der Waals surface area contributed by atoms with Gasteiger partial charge in [0.15, 0.2) is 0 Å². The molecule has 30 heavy (non-hydrogen) atoms. The first-order chi connectivity index (χ1) is 14.2. The molecule has 2 aromatic carbocycles. The van der Waals surface area contributed by atoms with E-state index in [1.807, 2.05) is 13.0 Å². The summed E-state index contributed by atoms with van der Waals surface area (Å²) in [6, 6.07) is 12.0. The van der Waals surface area contributed by atoms with E-state index in [4.69, 9.17) is 0 Å². The zero-order valence-corrected chi connectivity index (χ0v) is 19.2. The number of nitrogens with one attached hydrogen (secondary N) is 1. The van der Waals surface area contributed by atoms with E-state index in [1.165, 1.54) is 0 Å². The maximum Gasteiger partial charge on any atom is 0.243 e. The Kier molecular flexibility index (Phi) is 7.34. The van der Waals surface area contributed by atoms with Crippen molar-refractivity contribution in [2.24, 2.45) is 0 Å². The van der Waals surface area contributed by atoms with Gasteiger partial charge in [-0.15, -0.1) is 0 Å². The number of hydrogen-bond donors (Lipinski definition) is 1. The van der Waals surface area contributed by atoms with E-state index in [9.17, 15) is 16.8 Å². The molecule has 0 aromatic heterocycles. The van der Waals surface area contributed by atoms with Crippen LogP contribution in [0.4, 0.5) is 0 Å². The molecular weight excluding hydrogens is 420 g/mol. The van der Waals surface area contributed by atoms with E-state index < -0.39 is 20.0 Å². The highest BCUT2D eigenvalue weighted by molar-refractivity contribution is 7.89. The van der Waals surface area contributed by atoms with Gasteiger partial charge in [-0.3, -0.25) is 0 Å². The molecule has 1 fully saturated rings. The van der Waals surface area contributed by atoms with Gasteiger partial charge in [0, 0.05) is 19.6 Å². The first kappa shape index (κ1) is 22.9. The van der Waals surface area contributed by atoms with Gasteiger partial charge in [0.05, 0.1) is 9.79 Å². The molecular formula is C22H30N2O4S2. The van der Waals surface area contributed by atoms with E-state index in [-0.39, 0.29) is 11.4 Å². The van der Waals surface area contributed by atoms with Crippen molar-refractivity contribution >= 4 is 20.0 Å². The van der Waals surface area contributed by atoms with Gasteiger partial charge in [-0.2, -0.15) is 4.31 Å². The molecule has 6 nitrogen and oxygen atoms in total. The zero-order valence-electron chi connectivity index (χ0n) is 17.6. The van der Waals surface area contributed by atoms with Crippen molar-refractivity contribution in [2.75, 3.05) is 19.6 Å². The lowest BCUT2D eigenvalue weighted by Crippen LogP contribution is -2.31. The Balaban J connectivity index is 1.62. The minimum absolute atomic E-state index is 0.244. The summed E-state index contributed by atoms with van der Waals surface area (Å²) in [6.07, 6.45) is 4.43. The number of aryl methyl sites for hydroxylation is 2. The van der Waals surface area contributed by atoms with Gasteiger partial charge >= 0.3 is 0 Å². The Morgan fingerprint density at radius 2 is 1.50 bits per heavy atom. The summed E-state index contributed by atoms with van der Waals surface area (Å²) < 4.78 is 55.0. The lowest BCUT2D eigenvalue weighted by Gasteiger charge is -2.20. The highest BCUT2D eigenvalue weighted by Crippen LogP contribution is 2.21. The normalized spacial score (nSPS) is 16.3. The first-order valence-electron chi connectivity index (χ1n) is 10.4. The molecule has 0 saturated carbocycles. The minimum Gasteiger partial charge on any atom is -0.211 e. The molecule has 1 heterocycles. The van der Waals surface area contributed by atoms with Crippen molar-refractivity contribution in [3.05, 3.63) is 59.2 Å². The van der Waals surface area contributed by atoms with Gasteiger partial charge < -0.3 is 0 Å². The van der Waals surface area contributed by atoms with Crippen LogP contribution in [-0.2, 0) is 26.5 Å². The smallest absolute Gasteiger partial charge is 0.211 e. The second-order valence-electron chi connectivity index (χ2n) is 7.88. The Bertz CT molecular complexity index is 1070. The molecule has 0 atom stereocenters. The number of rotatable bonds is 7. The minimum atomic E-state index is -3.58. The topological polar surface area (TPSA) is 83.5 Å². The molecule has 8 heteroatoms. The predicted octanol–water partition coefficient (Wildman–Crippen LogP) is 3.39. The first-order valence-corrected chi connectivity index (χ1v) is 13.3. The summed E-state index contributed by atoms with van der Waals surface area (Å²) in [4.78, 5) is 0.580. The molecule has 164 valence electrons. The highest BCUT2D eigenvalue weighted by Gasteiger charge is 2.25. The third-order valence-corrected chi connectivity index (χ3v) is 8.99. The van der Waals surface area contributed by atoms with Crippen molar-refractivity contribution in [1.82, 2.24) is 9.03 Å². The van der Waals surface area contributed by atoms with Crippen LogP contribution in [-0.4, -0.2) is 40.8 Å². The van der Waals surface area contributed by atoms with E-state index in [1.54, 1.807) is 47.6 Å². The molecule has 1 N–H and O–H groups in total. The SMILES string of the molecule is Cc1ccc(S(=O)(=O)NCCc2ccc(S(=O)(=O)N3CCCCCC3)cc2)c(C)c1. The maximum atomic E-state index is 12.8. The standard InChI is InChI=1S/C22H30N2O4S2/c1-18-7-12-22(19(2)17-18)29(25,26)23-14-13-20-8-10-21(11-9-20)30(27,28)24-15-5-3-4-6-16-24/h7-12,17,23H,3-6,13-16H2,1-2H3. The van der Waals surface area contributed by atoms with Crippen LogP contribution in [0, 0.1) is 13.8 Å². The van der Waals surface area contributed by atoms with Crippen LogP contribution in [0.2, 0.25) is 0 Å². The molecule has 3 rings (SSSR count). The van der Waals surface area contributed by atoms with Crippen LogP contribution in [0.25, 0.3) is 0 Å². The van der Waals surface area contributed by atoms with Crippen molar-refractivity contribution in [3.8, 4) is 0 Å². The van der Waals surface area contributed by atoms with Gasteiger partial charge in [-0.1, -0.05) is 42.7 Å². The highest BCUT2D eigenvalue weighted by atomic mass is 32.2. The Labute approximate surface area is 180 Å². The van der Waals surface area contributed by atoms with Crippen LogP contribution in [0.15, 0.2) is 52.3 Å². The molecule has 1 aliphatic rings. The van der Waals surface area contributed by atoms with Crippen LogP contribution in [0.1, 0.15) is 42.4 Å². The fourth-order valence-electron chi connectivity index (χ4n) is 3.77. The molecule has 0 spiro atoms. The van der Waals surface area contributed by atoms with Crippen LogP contribution < -0.4 is 4.72 Å². The van der Waals surface area contributed by atoms with E-state index in [2.05, 4.69) is 4.72 Å². The third-order valence-electron chi connectivity index (χ3n) is 5.45. The lowest BCUT2D eigenvalue weighted by molar-refractivity contribution is 0.423. The van der Waals surface area contributed by atoms with Gasteiger partial charge in [-0.05, 0) is 62.4 Å². The van der Waals surface area contributed by atoms with Gasteiger partial charge in [-0.25, -0.2) is 21.6 Å². The van der Waals surface area contributed by atoms with Crippen LogP contribution in [0.5, 0.6) is 0 Å². The lowest BCUT2D eigenvalue weighted by atomic mass is 10.2. The molecule has 0 aliphatic carbocycles. The predicted molar refractivity (Wildman–Crippen MR) is 118 cm³/mol. The molecule has 0 bridgehead atoms. The fraction of sp³-hybridized carbons (Fsp3) is 0.455. The van der Waals surface area contributed by atoms with Crippen molar-refractivity contribution in [3.63, 3.8) is 0 Å². The van der Waals surface area contributed by atoms with E-state index in [0.29, 0.717) is 30.0 Å². The molecule has 1 aliphatic heterocycles. The average molecular weight is 451 g/mol. The van der Waals surface area contributed by atoms with Crippen molar-refractivity contribution < 1.29 is 16.8 Å². The Hall–Kier alpha value is -1.74.